The normalized spacial score (nSPS) is 13.7. The first-order valence-electron chi connectivity index (χ1n) is 39.4. The van der Waals surface area contributed by atoms with E-state index in [1.165, 1.54) is 347 Å². The van der Waals surface area contributed by atoms with Crippen molar-refractivity contribution < 1.29 is 32.9 Å². The van der Waals surface area contributed by atoms with Crippen molar-refractivity contribution in [1.82, 2.24) is 5.32 Å². The molecule has 0 aromatic rings. The maximum absolute atomic E-state index is 13.1. The zero-order valence-corrected chi connectivity index (χ0v) is 60.9. The van der Waals surface area contributed by atoms with E-state index in [1.807, 2.05) is 27.2 Å². The molecule has 0 fully saturated rings. The van der Waals surface area contributed by atoms with Crippen molar-refractivity contribution in [2.24, 2.45) is 0 Å². The minimum Gasteiger partial charge on any atom is -0.387 e. The number of aliphatic hydroxyl groups excluding tert-OH is 1. The van der Waals surface area contributed by atoms with Crippen LogP contribution in [0.25, 0.3) is 0 Å². The molecule has 0 aromatic carbocycles. The minimum absolute atomic E-state index is 0.0555. The van der Waals surface area contributed by atoms with Gasteiger partial charge >= 0.3 is 7.82 Å². The molecule has 0 aromatic heterocycles. The lowest BCUT2D eigenvalue weighted by Crippen LogP contribution is -2.45. The van der Waals surface area contributed by atoms with Gasteiger partial charge in [-0.2, -0.15) is 0 Å². The van der Waals surface area contributed by atoms with Gasteiger partial charge in [-0.3, -0.25) is 13.8 Å². The number of quaternary nitrogens is 1. The van der Waals surface area contributed by atoms with E-state index in [-0.39, 0.29) is 19.1 Å². The van der Waals surface area contributed by atoms with Crippen molar-refractivity contribution in [3.63, 3.8) is 0 Å². The summed E-state index contributed by atoms with van der Waals surface area (Å²) in [4.78, 5) is 23.5. The SMILES string of the molecule is CCCCCCCCCCCCCCCCCC/C=C/CC/C=C/CC/C=C/C(O)C(COP(=O)(O)OCC[N+](C)(C)C)NC(=O)CCCCCCCCCCCCCCCCCCCCCCCCCCCCCCCCCCCCCCCCCC. The monoisotopic (exact) mass is 1260 g/mol. The summed E-state index contributed by atoms with van der Waals surface area (Å²) in [6.07, 6.45) is 95.0. The smallest absolute Gasteiger partial charge is 0.387 e. The summed E-state index contributed by atoms with van der Waals surface area (Å²) < 4.78 is 23.8. The molecule has 8 nitrogen and oxygen atoms in total. The maximum atomic E-state index is 13.1. The van der Waals surface area contributed by atoms with Crippen molar-refractivity contribution in [3.8, 4) is 0 Å². The van der Waals surface area contributed by atoms with Crippen LogP contribution >= 0.6 is 7.82 Å². The van der Waals surface area contributed by atoms with E-state index in [0.717, 1.165) is 44.9 Å². The molecule has 9 heteroatoms. The average Bonchev–Trinajstić information content (AvgIpc) is 3.70. The van der Waals surface area contributed by atoms with Crippen molar-refractivity contribution in [1.29, 1.82) is 0 Å². The Bertz CT molecular complexity index is 1530. The zero-order valence-electron chi connectivity index (χ0n) is 60.0. The van der Waals surface area contributed by atoms with Crippen LogP contribution in [-0.4, -0.2) is 73.4 Å². The second-order valence-electron chi connectivity index (χ2n) is 28.4. The largest absolute Gasteiger partial charge is 0.472 e. The number of hydrogen-bond acceptors (Lipinski definition) is 5. The number of allylic oxidation sites excluding steroid dienone is 5. The molecule has 0 rings (SSSR count). The molecule has 0 aliphatic rings. The quantitative estimate of drug-likeness (QED) is 0.0243. The van der Waals surface area contributed by atoms with Crippen molar-refractivity contribution >= 4 is 13.7 Å². The van der Waals surface area contributed by atoms with Gasteiger partial charge in [0.25, 0.3) is 0 Å². The Morgan fingerprint density at radius 3 is 0.909 bits per heavy atom. The molecule has 0 heterocycles. The first kappa shape index (κ1) is 86.7. The number of nitrogens with zero attached hydrogens (tertiary/aromatic N) is 1. The van der Waals surface area contributed by atoms with Gasteiger partial charge in [-0.1, -0.05) is 397 Å². The number of aliphatic hydroxyl groups is 1. The van der Waals surface area contributed by atoms with Crippen LogP contribution in [0.15, 0.2) is 36.5 Å². The second-order valence-corrected chi connectivity index (χ2v) is 29.9. The van der Waals surface area contributed by atoms with Gasteiger partial charge in [0.2, 0.25) is 5.91 Å². The summed E-state index contributed by atoms with van der Waals surface area (Å²) in [7, 11) is 1.56. The summed E-state index contributed by atoms with van der Waals surface area (Å²) in [6.45, 7) is 4.85. The lowest BCUT2D eigenvalue weighted by Gasteiger charge is -2.25. The molecule has 0 spiro atoms. The van der Waals surface area contributed by atoms with Gasteiger partial charge in [0, 0.05) is 6.42 Å². The van der Waals surface area contributed by atoms with Gasteiger partial charge in [-0.15, -0.1) is 0 Å². The van der Waals surface area contributed by atoms with E-state index >= 15 is 0 Å². The number of rotatable bonds is 74. The molecule has 0 radical (unpaired) electrons. The number of likely N-dealkylation sites (N-methyl/N-ethyl adjacent to an activating group) is 1. The molecule has 0 saturated carbocycles. The second kappa shape index (κ2) is 70.0. The minimum atomic E-state index is -4.37. The molecule has 0 aliphatic carbocycles. The molecule has 3 unspecified atom stereocenters. The summed E-state index contributed by atoms with van der Waals surface area (Å²) in [6, 6.07) is -0.870. The van der Waals surface area contributed by atoms with Gasteiger partial charge < -0.3 is 19.8 Å². The topological polar surface area (TPSA) is 105 Å². The third kappa shape index (κ3) is 72.2. The van der Waals surface area contributed by atoms with Crippen LogP contribution in [0.3, 0.4) is 0 Å². The van der Waals surface area contributed by atoms with E-state index in [4.69, 9.17) is 9.05 Å². The number of phosphoric ester groups is 1. The number of carbonyl (C=O) groups excluding carboxylic acids is 1. The van der Waals surface area contributed by atoms with Gasteiger partial charge in [0.15, 0.2) is 0 Å². The van der Waals surface area contributed by atoms with Crippen LogP contribution < -0.4 is 5.32 Å². The fourth-order valence-electron chi connectivity index (χ4n) is 12.3. The van der Waals surface area contributed by atoms with Crippen LogP contribution in [0, 0.1) is 0 Å². The highest BCUT2D eigenvalue weighted by molar-refractivity contribution is 7.47. The Labute approximate surface area is 550 Å². The van der Waals surface area contributed by atoms with Crippen molar-refractivity contribution in [2.75, 3.05) is 40.9 Å². The zero-order chi connectivity index (χ0) is 64.1. The van der Waals surface area contributed by atoms with Gasteiger partial charge in [-0.25, -0.2) is 4.57 Å². The Balaban J connectivity index is 3.95. The predicted molar refractivity (Wildman–Crippen MR) is 388 cm³/mol. The van der Waals surface area contributed by atoms with Crippen LogP contribution in [0.1, 0.15) is 412 Å². The molecular weight excluding hydrogens is 1100 g/mol. The first-order valence-corrected chi connectivity index (χ1v) is 40.9. The van der Waals surface area contributed by atoms with Gasteiger partial charge in [0.1, 0.15) is 13.2 Å². The van der Waals surface area contributed by atoms with E-state index in [1.54, 1.807) is 6.08 Å². The van der Waals surface area contributed by atoms with Crippen molar-refractivity contribution in [3.05, 3.63) is 36.5 Å². The summed E-state index contributed by atoms with van der Waals surface area (Å²) in [5.74, 6) is -0.182. The third-order valence-electron chi connectivity index (χ3n) is 18.3. The third-order valence-corrected chi connectivity index (χ3v) is 19.3. The maximum Gasteiger partial charge on any atom is 0.472 e. The highest BCUT2D eigenvalue weighted by Crippen LogP contribution is 2.43. The molecule has 522 valence electrons. The Morgan fingerprint density at radius 2 is 0.625 bits per heavy atom. The standard InChI is InChI=1S/C79H155N2O6P/c1-6-8-10-12-14-16-18-20-22-24-26-28-30-32-34-35-36-37-38-39-40-41-42-43-44-45-46-47-49-51-53-55-57-59-61-63-65-67-69-71-73-79(83)80-77(76-87-88(84,85)86-75-74-81(3,4)5)78(82)72-70-68-66-64-62-60-58-56-54-52-50-48-33-31-29-27-25-23-21-19-17-15-13-11-9-7-2/h54,56,62,64,70,72,77-78,82H,6-53,55,57-61,63,65-69,71,73-76H2,1-5H3,(H-,80,83,84,85)/p+1/b56-54+,64-62+,72-70+. The average molecular weight is 1260 g/mol. The first-order chi connectivity index (χ1) is 43.0. The number of phosphoric acid groups is 1. The lowest BCUT2D eigenvalue weighted by atomic mass is 10.0. The van der Waals surface area contributed by atoms with Gasteiger partial charge in [-0.05, 0) is 44.9 Å². The van der Waals surface area contributed by atoms with Crippen LogP contribution in [0.5, 0.6) is 0 Å². The highest BCUT2D eigenvalue weighted by Gasteiger charge is 2.28. The molecule has 88 heavy (non-hydrogen) atoms. The predicted octanol–water partition coefficient (Wildman–Crippen LogP) is 25.6. The Morgan fingerprint density at radius 1 is 0.375 bits per heavy atom. The fourth-order valence-corrected chi connectivity index (χ4v) is 13.0. The number of nitrogens with one attached hydrogen (secondary N) is 1. The molecular formula is C79H156N2O6P+. The number of unbranched alkanes of at least 4 members (excludes halogenated alkanes) is 57. The van der Waals surface area contributed by atoms with Crippen LogP contribution in [0.4, 0.5) is 0 Å². The Kier molecular flexibility index (Phi) is 69.0. The number of carbonyl (C=O) groups is 1. The lowest BCUT2D eigenvalue weighted by molar-refractivity contribution is -0.870. The molecule has 1 amide bonds. The Hall–Kier alpha value is -1.28. The molecule has 0 aliphatic heterocycles. The molecule has 0 bridgehead atoms. The van der Waals surface area contributed by atoms with E-state index in [0.29, 0.717) is 17.4 Å². The van der Waals surface area contributed by atoms with Crippen molar-refractivity contribution in [2.45, 2.75) is 424 Å². The number of hydrogen-bond donors (Lipinski definition) is 3. The fraction of sp³-hybridized carbons (Fsp3) is 0.911. The van der Waals surface area contributed by atoms with Gasteiger partial charge in [0.05, 0.1) is 39.9 Å². The summed E-state index contributed by atoms with van der Waals surface area (Å²) in [5, 5.41) is 14.0. The van der Waals surface area contributed by atoms with Crippen LogP contribution in [0.2, 0.25) is 0 Å². The molecule has 3 N–H and O–H groups in total. The number of amides is 1. The van der Waals surface area contributed by atoms with E-state index in [9.17, 15) is 19.4 Å². The van der Waals surface area contributed by atoms with Crippen LogP contribution in [-0.2, 0) is 18.4 Å². The molecule has 0 saturated heterocycles. The van der Waals surface area contributed by atoms with E-state index in [2.05, 4.69) is 43.5 Å². The highest BCUT2D eigenvalue weighted by atomic mass is 31.2. The van der Waals surface area contributed by atoms with E-state index < -0.39 is 20.0 Å². The summed E-state index contributed by atoms with van der Waals surface area (Å²) >= 11 is 0. The molecule has 3 atom stereocenters. The summed E-state index contributed by atoms with van der Waals surface area (Å²) in [5.41, 5.74) is 0.